The van der Waals surface area contributed by atoms with Crippen LogP contribution in [0.3, 0.4) is 0 Å². The third-order valence-electron chi connectivity index (χ3n) is 3.05. The molecule has 0 spiro atoms. The Balaban J connectivity index is 2.31. The number of hydrogen-bond donors (Lipinski definition) is 2. The number of carbonyl (C=O) groups excluding carboxylic acids is 1. The number of halogens is 3. The Labute approximate surface area is 119 Å². The maximum absolute atomic E-state index is 13.7. The summed E-state index contributed by atoms with van der Waals surface area (Å²) in [6.07, 6.45) is 0. The van der Waals surface area contributed by atoms with Crippen LogP contribution in [-0.4, -0.2) is 5.91 Å². The van der Waals surface area contributed by atoms with Crippen LogP contribution in [0.2, 0.25) is 0 Å². The fourth-order valence-corrected chi connectivity index (χ4v) is 1.95. The zero-order valence-corrected chi connectivity index (χ0v) is 11.2. The Kier molecular flexibility index (Phi) is 4.16. The van der Waals surface area contributed by atoms with Crippen molar-refractivity contribution in [3.63, 3.8) is 0 Å². The van der Waals surface area contributed by atoms with Crippen LogP contribution >= 0.6 is 0 Å². The summed E-state index contributed by atoms with van der Waals surface area (Å²) in [4.78, 5) is 11.1. The van der Waals surface area contributed by atoms with E-state index in [1.165, 1.54) is 12.1 Å². The minimum absolute atomic E-state index is 0.0116. The normalized spacial score (nSPS) is 12.0. The second kappa shape index (κ2) is 5.87. The van der Waals surface area contributed by atoms with Crippen molar-refractivity contribution >= 4 is 11.6 Å². The van der Waals surface area contributed by atoms with Crippen LogP contribution in [0.1, 0.15) is 28.9 Å². The van der Waals surface area contributed by atoms with Crippen LogP contribution in [0.15, 0.2) is 36.4 Å². The molecule has 1 amide bonds. The van der Waals surface area contributed by atoms with Gasteiger partial charge in [0.25, 0.3) is 0 Å². The minimum Gasteiger partial charge on any atom is -0.376 e. The molecular weight excluding hydrogens is 281 g/mol. The number of carbonyl (C=O) groups is 1. The quantitative estimate of drug-likeness (QED) is 0.908. The van der Waals surface area contributed by atoms with Crippen molar-refractivity contribution in [2.45, 2.75) is 13.0 Å². The SMILES string of the molecule is CC(Nc1cc(C(N)=O)ccc1F)c1cc(F)ccc1F. The molecule has 3 N–H and O–H groups in total. The fourth-order valence-electron chi connectivity index (χ4n) is 1.95. The highest BCUT2D eigenvalue weighted by molar-refractivity contribution is 5.93. The average Bonchev–Trinajstić information content (AvgIpc) is 2.43. The lowest BCUT2D eigenvalue weighted by atomic mass is 10.1. The molecule has 0 aliphatic heterocycles. The lowest BCUT2D eigenvalue weighted by Crippen LogP contribution is -2.14. The van der Waals surface area contributed by atoms with E-state index < -0.39 is 29.4 Å². The van der Waals surface area contributed by atoms with Gasteiger partial charge in [-0.3, -0.25) is 4.79 Å². The molecule has 3 nitrogen and oxygen atoms in total. The molecule has 0 saturated heterocycles. The second-order valence-corrected chi connectivity index (χ2v) is 4.59. The Hall–Kier alpha value is -2.50. The van der Waals surface area contributed by atoms with E-state index in [0.29, 0.717) is 0 Å². The number of nitrogens with one attached hydrogen (secondary N) is 1. The summed E-state index contributed by atoms with van der Waals surface area (Å²) in [6, 6.07) is 5.89. The largest absolute Gasteiger partial charge is 0.376 e. The van der Waals surface area contributed by atoms with Crippen molar-refractivity contribution in [2.24, 2.45) is 5.73 Å². The summed E-state index contributed by atoms with van der Waals surface area (Å²) in [5.74, 6) is -2.53. The van der Waals surface area contributed by atoms with Crippen LogP contribution in [-0.2, 0) is 0 Å². The third kappa shape index (κ3) is 3.34. The molecular formula is C15H13F3N2O. The van der Waals surface area contributed by atoms with E-state index in [4.69, 9.17) is 5.73 Å². The first-order valence-corrected chi connectivity index (χ1v) is 6.19. The van der Waals surface area contributed by atoms with Crippen molar-refractivity contribution in [3.8, 4) is 0 Å². The van der Waals surface area contributed by atoms with Crippen LogP contribution in [0.4, 0.5) is 18.9 Å². The zero-order chi connectivity index (χ0) is 15.6. The molecule has 0 heterocycles. The van der Waals surface area contributed by atoms with E-state index in [1.54, 1.807) is 6.92 Å². The first-order valence-electron chi connectivity index (χ1n) is 6.19. The molecule has 0 radical (unpaired) electrons. The predicted octanol–water partition coefficient (Wildman–Crippen LogP) is 3.38. The van der Waals surface area contributed by atoms with Crippen molar-refractivity contribution in [1.82, 2.24) is 0 Å². The number of nitrogens with two attached hydrogens (primary N) is 1. The smallest absolute Gasteiger partial charge is 0.248 e. The molecule has 0 fully saturated rings. The van der Waals surface area contributed by atoms with E-state index in [2.05, 4.69) is 5.32 Å². The first-order chi connectivity index (χ1) is 9.88. The number of benzene rings is 2. The summed E-state index contributed by atoms with van der Waals surface area (Å²) >= 11 is 0. The van der Waals surface area contributed by atoms with Crippen molar-refractivity contribution < 1.29 is 18.0 Å². The van der Waals surface area contributed by atoms with Gasteiger partial charge in [0.1, 0.15) is 17.5 Å². The van der Waals surface area contributed by atoms with Gasteiger partial charge in [-0.05, 0) is 43.3 Å². The number of anilines is 1. The summed E-state index contributed by atoms with van der Waals surface area (Å²) in [6.45, 7) is 1.55. The van der Waals surface area contributed by atoms with Gasteiger partial charge in [-0.15, -0.1) is 0 Å². The second-order valence-electron chi connectivity index (χ2n) is 4.59. The molecule has 0 bridgehead atoms. The molecule has 21 heavy (non-hydrogen) atoms. The Morgan fingerprint density at radius 3 is 2.43 bits per heavy atom. The fraction of sp³-hybridized carbons (Fsp3) is 0.133. The molecule has 0 aromatic heterocycles. The molecule has 1 atom stereocenters. The van der Waals surface area contributed by atoms with Crippen LogP contribution in [0.25, 0.3) is 0 Å². The minimum atomic E-state index is -0.706. The highest BCUT2D eigenvalue weighted by Gasteiger charge is 2.15. The number of primary amides is 1. The highest BCUT2D eigenvalue weighted by atomic mass is 19.1. The van der Waals surface area contributed by atoms with Gasteiger partial charge in [0.15, 0.2) is 0 Å². The monoisotopic (exact) mass is 294 g/mol. The van der Waals surface area contributed by atoms with Crippen molar-refractivity contribution in [1.29, 1.82) is 0 Å². The summed E-state index contributed by atoms with van der Waals surface area (Å²) in [5, 5.41) is 2.70. The zero-order valence-electron chi connectivity index (χ0n) is 11.2. The van der Waals surface area contributed by atoms with E-state index in [-0.39, 0.29) is 16.8 Å². The van der Waals surface area contributed by atoms with E-state index in [1.807, 2.05) is 0 Å². The summed E-state index contributed by atoms with van der Waals surface area (Å²) < 4.78 is 40.5. The van der Waals surface area contributed by atoms with Crippen LogP contribution in [0.5, 0.6) is 0 Å². The molecule has 2 aromatic carbocycles. The van der Waals surface area contributed by atoms with E-state index in [0.717, 1.165) is 24.3 Å². The maximum Gasteiger partial charge on any atom is 0.248 e. The lowest BCUT2D eigenvalue weighted by Gasteiger charge is -2.17. The molecule has 0 aliphatic carbocycles. The standard InChI is InChI=1S/C15H13F3N2O/c1-8(11-7-10(16)3-5-12(11)17)20-14-6-9(15(19)21)2-4-13(14)18/h2-8,20H,1H3,(H2,19,21). The van der Waals surface area contributed by atoms with Gasteiger partial charge < -0.3 is 11.1 Å². The van der Waals surface area contributed by atoms with Gasteiger partial charge in [-0.2, -0.15) is 0 Å². The topological polar surface area (TPSA) is 55.1 Å². The van der Waals surface area contributed by atoms with E-state index in [9.17, 15) is 18.0 Å². The van der Waals surface area contributed by atoms with Gasteiger partial charge in [0.2, 0.25) is 5.91 Å². The van der Waals surface area contributed by atoms with Gasteiger partial charge in [-0.1, -0.05) is 0 Å². The molecule has 1 unspecified atom stereocenters. The van der Waals surface area contributed by atoms with Gasteiger partial charge >= 0.3 is 0 Å². The Bertz CT molecular complexity index is 689. The summed E-state index contributed by atoms with van der Waals surface area (Å²) in [5.41, 5.74) is 5.28. The number of amides is 1. The van der Waals surface area contributed by atoms with Crippen LogP contribution in [0, 0.1) is 17.5 Å². The van der Waals surface area contributed by atoms with Crippen molar-refractivity contribution in [2.75, 3.05) is 5.32 Å². The Morgan fingerprint density at radius 1 is 1.10 bits per heavy atom. The lowest BCUT2D eigenvalue weighted by molar-refractivity contribution is 0.100. The predicted molar refractivity (Wildman–Crippen MR) is 73.3 cm³/mol. The number of rotatable bonds is 4. The Morgan fingerprint density at radius 2 is 1.76 bits per heavy atom. The van der Waals surface area contributed by atoms with Crippen molar-refractivity contribution in [3.05, 3.63) is 65.0 Å². The molecule has 110 valence electrons. The molecule has 2 aromatic rings. The third-order valence-corrected chi connectivity index (χ3v) is 3.05. The molecule has 0 saturated carbocycles. The first kappa shape index (κ1) is 14.9. The van der Waals surface area contributed by atoms with Gasteiger partial charge in [-0.25, -0.2) is 13.2 Å². The molecule has 2 rings (SSSR count). The van der Waals surface area contributed by atoms with E-state index >= 15 is 0 Å². The van der Waals surface area contributed by atoms with Gasteiger partial charge in [0.05, 0.1) is 11.7 Å². The molecule has 0 aliphatic rings. The average molecular weight is 294 g/mol. The van der Waals surface area contributed by atoms with Crippen LogP contribution < -0.4 is 11.1 Å². The molecule has 6 heteroatoms. The van der Waals surface area contributed by atoms with Gasteiger partial charge in [0, 0.05) is 11.1 Å². The summed E-state index contributed by atoms with van der Waals surface area (Å²) in [7, 11) is 0. The highest BCUT2D eigenvalue weighted by Crippen LogP contribution is 2.25. The maximum atomic E-state index is 13.7. The number of hydrogen-bond acceptors (Lipinski definition) is 2.